The smallest absolute Gasteiger partial charge is 0.224 e. The molecule has 0 spiro atoms. The van der Waals surface area contributed by atoms with Gasteiger partial charge in [0.15, 0.2) is 5.82 Å². The van der Waals surface area contributed by atoms with E-state index in [2.05, 4.69) is 20.3 Å². The summed E-state index contributed by atoms with van der Waals surface area (Å²) >= 11 is 5.79. The molecule has 2 aromatic heterocycles. The van der Waals surface area contributed by atoms with E-state index in [-0.39, 0.29) is 5.28 Å². The van der Waals surface area contributed by atoms with E-state index in [1.807, 2.05) is 12.1 Å². The van der Waals surface area contributed by atoms with Crippen LogP contribution in [0.25, 0.3) is 0 Å². The Morgan fingerprint density at radius 1 is 1.28 bits per heavy atom. The van der Waals surface area contributed by atoms with E-state index < -0.39 is 0 Å². The van der Waals surface area contributed by atoms with Gasteiger partial charge in [-0.1, -0.05) is 0 Å². The summed E-state index contributed by atoms with van der Waals surface area (Å²) in [6, 6.07) is 3.95. The number of nitrogens with two attached hydrogens (primary N) is 1. The van der Waals surface area contributed by atoms with Crippen molar-refractivity contribution in [3.63, 3.8) is 0 Å². The lowest BCUT2D eigenvalue weighted by Crippen LogP contribution is -2.10. The summed E-state index contributed by atoms with van der Waals surface area (Å²) in [5.74, 6) is 0.585. The van der Waals surface area contributed by atoms with Crippen molar-refractivity contribution in [2.24, 2.45) is 0 Å². The highest BCUT2D eigenvalue weighted by molar-refractivity contribution is 6.28. The van der Waals surface area contributed by atoms with Gasteiger partial charge in [-0.25, -0.2) is 4.98 Å². The highest BCUT2D eigenvalue weighted by Gasteiger charge is 2.06. The lowest BCUT2D eigenvalue weighted by atomic mass is 10.2. The fourth-order valence-electron chi connectivity index (χ4n) is 1.56. The molecule has 3 N–H and O–H groups in total. The first kappa shape index (κ1) is 12.6. The third-order valence-corrected chi connectivity index (χ3v) is 2.73. The predicted molar refractivity (Wildman–Crippen MR) is 72.6 cm³/mol. The molecule has 94 valence electrons. The number of nitrogens with one attached hydrogen (secondary N) is 1. The average molecular weight is 264 g/mol. The Labute approximate surface area is 110 Å². The van der Waals surface area contributed by atoms with Gasteiger partial charge in [0.25, 0.3) is 0 Å². The zero-order valence-corrected chi connectivity index (χ0v) is 10.8. The Bertz CT molecular complexity index is 529. The van der Waals surface area contributed by atoms with E-state index >= 15 is 0 Å². The SMILES string of the molecule is Cc1nc(Cl)nc(NCCc2ccncc2)c1N. The quantitative estimate of drug-likeness (QED) is 0.826. The first-order chi connectivity index (χ1) is 8.66. The molecule has 0 aliphatic carbocycles. The third kappa shape index (κ3) is 3.07. The second-order valence-electron chi connectivity index (χ2n) is 3.87. The van der Waals surface area contributed by atoms with E-state index in [0.29, 0.717) is 17.2 Å². The Kier molecular flexibility index (Phi) is 3.94. The summed E-state index contributed by atoms with van der Waals surface area (Å²) < 4.78 is 0. The molecule has 2 aromatic rings. The fourth-order valence-corrected chi connectivity index (χ4v) is 1.77. The van der Waals surface area contributed by atoms with Crippen LogP contribution >= 0.6 is 11.6 Å². The Hall–Kier alpha value is -1.88. The number of halogens is 1. The molecule has 0 aliphatic rings. The van der Waals surface area contributed by atoms with Gasteiger partial charge in [0.1, 0.15) is 0 Å². The van der Waals surface area contributed by atoms with Gasteiger partial charge < -0.3 is 11.1 Å². The lowest BCUT2D eigenvalue weighted by molar-refractivity contribution is 0.990. The van der Waals surface area contributed by atoms with E-state index in [9.17, 15) is 0 Å². The molecular weight excluding hydrogens is 250 g/mol. The molecule has 18 heavy (non-hydrogen) atoms. The number of hydrogen-bond donors (Lipinski definition) is 2. The molecule has 2 rings (SSSR count). The van der Waals surface area contributed by atoms with Crippen molar-refractivity contribution in [2.75, 3.05) is 17.6 Å². The van der Waals surface area contributed by atoms with Crippen LogP contribution in [0.1, 0.15) is 11.3 Å². The molecule has 0 aliphatic heterocycles. The topological polar surface area (TPSA) is 76.7 Å². The number of aromatic nitrogens is 3. The number of nitrogens with zero attached hydrogens (tertiary/aromatic N) is 3. The van der Waals surface area contributed by atoms with Gasteiger partial charge in [0.2, 0.25) is 5.28 Å². The lowest BCUT2D eigenvalue weighted by Gasteiger charge is -2.10. The van der Waals surface area contributed by atoms with Crippen LogP contribution < -0.4 is 11.1 Å². The van der Waals surface area contributed by atoms with E-state index in [1.54, 1.807) is 19.3 Å². The van der Waals surface area contributed by atoms with Crippen LogP contribution in [0.5, 0.6) is 0 Å². The van der Waals surface area contributed by atoms with Crippen LogP contribution in [0.3, 0.4) is 0 Å². The number of aryl methyl sites for hydroxylation is 1. The molecule has 0 amide bonds. The van der Waals surface area contributed by atoms with Crippen LogP contribution in [0.15, 0.2) is 24.5 Å². The van der Waals surface area contributed by atoms with E-state index in [1.165, 1.54) is 5.56 Å². The summed E-state index contributed by atoms with van der Waals surface area (Å²) in [5, 5.41) is 3.36. The van der Waals surface area contributed by atoms with E-state index in [4.69, 9.17) is 17.3 Å². The summed E-state index contributed by atoms with van der Waals surface area (Å²) in [7, 11) is 0. The molecule has 0 bridgehead atoms. The predicted octanol–water partition coefficient (Wildman–Crippen LogP) is 2.07. The van der Waals surface area contributed by atoms with Gasteiger partial charge in [0.05, 0.1) is 11.4 Å². The van der Waals surface area contributed by atoms with Crippen LogP contribution in [-0.2, 0) is 6.42 Å². The van der Waals surface area contributed by atoms with Crippen molar-refractivity contribution in [3.05, 3.63) is 41.1 Å². The Morgan fingerprint density at radius 3 is 2.72 bits per heavy atom. The fraction of sp³-hybridized carbons (Fsp3) is 0.250. The van der Waals surface area contributed by atoms with Crippen molar-refractivity contribution in [1.29, 1.82) is 0 Å². The summed E-state index contributed by atoms with van der Waals surface area (Å²) in [5.41, 5.74) is 8.29. The molecule has 5 nitrogen and oxygen atoms in total. The molecule has 0 aromatic carbocycles. The van der Waals surface area contributed by atoms with Gasteiger partial charge >= 0.3 is 0 Å². The maximum absolute atomic E-state index is 5.87. The molecule has 0 atom stereocenters. The molecule has 0 saturated heterocycles. The molecular formula is C12H14ClN5. The zero-order chi connectivity index (χ0) is 13.0. The highest BCUT2D eigenvalue weighted by atomic mass is 35.5. The molecule has 0 fully saturated rings. The van der Waals surface area contributed by atoms with Crippen LogP contribution in [0.2, 0.25) is 5.28 Å². The maximum Gasteiger partial charge on any atom is 0.224 e. The molecule has 0 saturated carbocycles. The van der Waals surface area contributed by atoms with Crippen molar-refractivity contribution >= 4 is 23.1 Å². The van der Waals surface area contributed by atoms with Gasteiger partial charge in [-0.05, 0) is 42.6 Å². The van der Waals surface area contributed by atoms with Crippen LogP contribution in [-0.4, -0.2) is 21.5 Å². The first-order valence-corrected chi connectivity index (χ1v) is 5.97. The number of pyridine rings is 1. The average Bonchev–Trinajstić information content (AvgIpc) is 2.36. The zero-order valence-electron chi connectivity index (χ0n) is 10.0. The van der Waals surface area contributed by atoms with Crippen molar-refractivity contribution < 1.29 is 0 Å². The van der Waals surface area contributed by atoms with Gasteiger partial charge in [-0.3, -0.25) is 4.98 Å². The summed E-state index contributed by atoms with van der Waals surface area (Å²) in [6.45, 7) is 2.53. The summed E-state index contributed by atoms with van der Waals surface area (Å²) in [4.78, 5) is 12.0. The number of rotatable bonds is 4. The monoisotopic (exact) mass is 263 g/mol. The van der Waals surface area contributed by atoms with Crippen LogP contribution in [0, 0.1) is 6.92 Å². The minimum Gasteiger partial charge on any atom is -0.394 e. The van der Waals surface area contributed by atoms with Crippen molar-refractivity contribution in [1.82, 2.24) is 15.0 Å². The molecule has 0 unspecified atom stereocenters. The molecule has 2 heterocycles. The highest BCUT2D eigenvalue weighted by Crippen LogP contribution is 2.20. The number of hydrogen-bond acceptors (Lipinski definition) is 5. The van der Waals surface area contributed by atoms with E-state index in [0.717, 1.165) is 13.0 Å². The maximum atomic E-state index is 5.87. The Morgan fingerprint density at radius 2 is 2.00 bits per heavy atom. The molecule has 6 heteroatoms. The minimum absolute atomic E-state index is 0.202. The first-order valence-electron chi connectivity index (χ1n) is 5.59. The third-order valence-electron chi connectivity index (χ3n) is 2.56. The number of nitrogen functional groups attached to an aromatic ring is 1. The normalized spacial score (nSPS) is 10.3. The largest absolute Gasteiger partial charge is 0.394 e. The minimum atomic E-state index is 0.202. The number of anilines is 2. The second kappa shape index (κ2) is 5.64. The van der Waals surface area contributed by atoms with Gasteiger partial charge in [0, 0.05) is 18.9 Å². The van der Waals surface area contributed by atoms with Crippen molar-refractivity contribution in [3.8, 4) is 0 Å². The second-order valence-corrected chi connectivity index (χ2v) is 4.21. The molecule has 0 radical (unpaired) electrons. The van der Waals surface area contributed by atoms with Crippen molar-refractivity contribution in [2.45, 2.75) is 13.3 Å². The van der Waals surface area contributed by atoms with Crippen LogP contribution in [0.4, 0.5) is 11.5 Å². The standard InChI is InChI=1S/C12H14ClN5/c1-8-10(14)11(18-12(13)17-8)16-7-4-9-2-5-15-6-3-9/h2-3,5-6H,4,7,14H2,1H3,(H,16,17,18). The van der Waals surface area contributed by atoms with Gasteiger partial charge in [-0.2, -0.15) is 4.98 Å². The Balaban J connectivity index is 1.99. The summed E-state index contributed by atoms with van der Waals surface area (Å²) in [6.07, 6.45) is 4.41. The van der Waals surface area contributed by atoms with Gasteiger partial charge in [-0.15, -0.1) is 0 Å².